The van der Waals surface area contributed by atoms with Crippen molar-refractivity contribution in [3.63, 3.8) is 0 Å². The zero-order chi connectivity index (χ0) is 28.8. The number of nitrogens with two attached hydrogens (primary N) is 1. The van der Waals surface area contributed by atoms with Crippen molar-refractivity contribution in [1.29, 1.82) is 0 Å². The first kappa shape index (κ1) is 30.9. The molecule has 14 heteroatoms. The molecule has 1 fully saturated rings. The van der Waals surface area contributed by atoms with E-state index >= 15 is 0 Å². The summed E-state index contributed by atoms with van der Waals surface area (Å²) in [6.45, 7) is 10.1. The van der Waals surface area contributed by atoms with Gasteiger partial charge in [-0.15, -0.1) is 0 Å². The van der Waals surface area contributed by atoms with Crippen LogP contribution in [0.3, 0.4) is 0 Å². The lowest BCUT2D eigenvalue weighted by Gasteiger charge is -2.33. The van der Waals surface area contributed by atoms with Crippen molar-refractivity contribution in [3.05, 3.63) is 12.7 Å². The molecule has 0 aromatic carbocycles. The average molecular weight is 569 g/mol. The van der Waals surface area contributed by atoms with Gasteiger partial charge in [-0.3, -0.25) is 9.36 Å². The molecule has 2 heterocycles. The van der Waals surface area contributed by atoms with Crippen LogP contribution in [0.2, 0.25) is 0 Å². The fourth-order valence-electron chi connectivity index (χ4n) is 4.26. The molecule has 2 aromatic heterocycles. The van der Waals surface area contributed by atoms with E-state index in [0.717, 1.165) is 32.1 Å². The van der Waals surface area contributed by atoms with Gasteiger partial charge in [0.25, 0.3) is 7.52 Å². The van der Waals surface area contributed by atoms with Crippen molar-refractivity contribution < 1.29 is 32.9 Å². The van der Waals surface area contributed by atoms with Gasteiger partial charge in [-0.1, -0.05) is 6.42 Å². The number of fused-ring (bicyclic) bond motifs is 1. The second-order valence-electron chi connectivity index (χ2n) is 10.7. The van der Waals surface area contributed by atoms with Crippen LogP contribution in [-0.4, -0.2) is 67.8 Å². The Hall–Kier alpha value is -2.60. The van der Waals surface area contributed by atoms with Crippen LogP contribution in [0, 0.1) is 0 Å². The number of esters is 2. The van der Waals surface area contributed by atoms with E-state index in [1.165, 1.54) is 13.3 Å². The van der Waals surface area contributed by atoms with Crippen molar-refractivity contribution in [2.45, 2.75) is 110 Å². The van der Waals surface area contributed by atoms with Crippen LogP contribution in [0.15, 0.2) is 12.7 Å². The van der Waals surface area contributed by atoms with E-state index in [4.69, 9.17) is 24.5 Å². The Morgan fingerprint density at radius 3 is 2.51 bits per heavy atom. The topological polar surface area (TPSA) is 170 Å². The summed E-state index contributed by atoms with van der Waals surface area (Å²) in [5, 5.41) is 2.82. The van der Waals surface area contributed by atoms with Gasteiger partial charge in [0.1, 0.15) is 29.8 Å². The second-order valence-corrected chi connectivity index (χ2v) is 12.8. The lowest BCUT2D eigenvalue weighted by Crippen LogP contribution is -2.48. The molecule has 1 unspecified atom stereocenters. The largest absolute Gasteiger partial charge is 0.461 e. The van der Waals surface area contributed by atoms with E-state index in [-0.39, 0.29) is 18.0 Å². The third-order valence-corrected chi connectivity index (χ3v) is 8.26. The van der Waals surface area contributed by atoms with Crippen molar-refractivity contribution in [2.24, 2.45) is 0 Å². The fraction of sp³-hybridized carbons (Fsp3) is 0.720. The first-order valence-corrected chi connectivity index (χ1v) is 15.1. The number of rotatable bonds is 13. The van der Waals surface area contributed by atoms with Crippen LogP contribution in [0.4, 0.5) is 5.82 Å². The molecular weight excluding hydrogens is 527 g/mol. The van der Waals surface area contributed by atoms with Gasteiger partial charge in [0.15, 0.2) is 17.6 Å². The third-order valence-electron chi connectivity index (χ3n) is 6.21. The molecule has 2 aromatic rings. The van der Waals surface area contributed by atoms with E-state index in [2.05, 4.69) is 20.0 Å². The Labute approximate surface area is 229 Å². The maximum atomic E-state index is 14.1. The molecule has 0 radical (unpaired) electrons. The number of hydrogen-bond donors (Lipinski definition) is 2. The normalized spacial score (nSPS) is 18.0. The summed E-state index contributed by atoms with van der Waals surface area (Å²) in [6.07, 6.45) is 5.01. The number of anilines is 1. The van der Waals surface area contributed by atoms with Crippen molar-refractivity contribution >= 4 is 36.4 Å². The second kappa shape index (κ2) is 13.2. The van der Waals surface area contributed by atoms with Crippen molar-refractivity contribution in [3.8, 4) is 0 Å². The molecule has 0 bridgehead atoms. The molecule has 0 aliphatic heterocycles. The molecule has 1 saturated carbocycles. The molecule has 0 spiro atoms. The molecule has 218 valence electrons. The Morgan fingerprint density at radius 2 is 1.85 bits per heavy atom. The highest BCUT2D eigenvalue weighted by Crippen LogP contribution is 2.46. The molecule has 3 N–H and O–H groups in total. The Morgan fingerprint density at radius 1 is 1.15 bits per heavy atom. The summed E-state index contributed by atoms with van der Waals surface area (Å²) in [7, 11) is -3.95. The maximum absolute atomic E-state index is 14.1. The Kier molecular flexibility index (Phi) is 10.4. The van der Waals surface area contributed by atoms with Gasteiger partial charge in [-0.2, -0.15) is 0 Å². The third kappa shape index (κ3) is 8.69. The molecule has 13 nitrogen and oxygen atoms in total. The number of imidazole rings is 1. The first-order valence-electron chi connectivity index (χ1n) is 13.3. The average Bonchev–Trinajstić information content (AvgIpc) is 3.26. The summed E-state index contributed by atoms with van der Waals surface area (Å²) < 4.78 is 38.4. The van der Waals surface area contributed by atoms with Gasteiger partial charge in [0.2, 0.25) is 0 Å². The number of hydrogen-bond acceptors (Lipinski definition) is 11. The number of aromatic nitrogens is 4. The van der Waals surface area contributed by atoms with E-state index in [1.807, 2.05) is 0 Å². The number of carbonyl (C=O) groups is 2. The zero-order valence-corrected chi connectivity index (χ0v) is 24.5. The number of nitrogens with one attached hydrogen (secondary N) is 1. The molecule has 1 aliphatic carbocycles. The zero-order valence-electron chi connectivity index (χ0n) is 23.6. The van der Waals surface area contributed by atoms with Crippen molar-refractivity contribution in [1.82, 2.24) is 24.6 Å². The van der Waals surface area contributed by atoms with Gasteiger partial charge >= 0.3 is 11.9 Å². The van der Waals surface area contributed by atoms with Crippen LogP contribution >= 0.6 is 7.52 Å². The number of nitrogen functional groups attached to an aromatic ring is 1. The molecule has 3 rings (SSSR count). The predicted molar refractivity (Wildman–Crippen MR) is 145 cm³/mol. The van der Waals surface area contributed by atoms with E-state index in [9.17, 15) is 14.2 Å². The summed E-state index contributed by atoms with van der Waals surface area (Å²) in [4.78, 5) is 37.9. The van der Waals surface area contributed by atoms with Crippen LogP contribution in [0.1, 0.15) is 73.6 Å². The van der Waals surface area contributed by atoms with E-state index in [0.29, 0.717) is 17.7 Å². The fourth-order valence-corrected chi connectivity index (χ4v) is 6.42. The van der Waals surface area contributed by atoms with Crippen LogP contribution in [0.25, 0.3) is 11.2 Å². The highest BCUT2D eigenvalue weighted by molar-refractivity contribution is 7.56. The van der Waals surface area contributed by atoms with Gasteiger partial charge < -0.3 is 29.0 Å². The summed E-state index contributed by atoms with van der Waals surface area (Å²) >= 11 is 0. The number of ether oxygens (including phenoxy) is 3. The monoisotopic (exact) mass is 568 g/mol. The maximum Gasteiger partial charge on any atom is 0.335 e. The Bertz CT molecular complexity index is 1180. The SMILES string of the molecule is CC(C)OC(=O)[C@H](C)OP(=O)(CO[C@H](C)Cn1cnc2c(N)ncnc21)NC(C)(C)C(=O)OC1CCCCC1. The Balaban J connectivity index is 1.72. The smallest absolute Gasteiger partial charge is 0.335 e. The summed E-state index contributed by atoms with van der Waals surface area (Å²) in [5.74, 6) is -0.963. The van der Waals surface area contributed by atoms with Crippen LogP contribution in [0.5, 0.6) is 0 Å². The van der Waals surface area contributed by atoms with E-state index < -0.39 is 43.6 Å². The standard InChI is InChI=1S/C25H41N6O7P/c1-16(2)36-23(32)18(4)38-39(34,30-25(5,6)24(33)37-19-10-8-7-9-11-19)15-35-17(3)12-31-14-29-20-21(26)27-13-28-22(20)31/h13-14,16-19H,7-12,15H2,1-6H3,(H,30,34)(H2,26,27,28)/t17-,18+,39?/m1/s1. The predicted octanol–water partition coefficient (Wildman–Crippen LogP) is 3.57. The molecule has 1 aliphatic rings. The minimum absolute atomic E-state index is 0.174. The lowest BCUT2D eigenvalue weighted by molar-refractivity contribution is -0.156. The van der Waals surface area contributed by atoms with Crippen molar-refractivity contribution in [2.75, 3.05) is 12.1 Å². The quantitative estimate of drug-likeness (QED) is 0.266. The number of carbonyl (C=O) groups excluding carboxylic acids is 2. The summed E-state index contributed by atoms with van der Waals surface area (Å²) in [6, 6.07) is 0. The molecule has 0 saturated heterocycles. The summed E-state index contributed by atoms with van der Waals surface area (Å²) in [5.41, 5.74) is 5.49. The highest BCUT2D eigenvalue weighted by Gasteiger charge is 2.41. The molecule has 39 heavy (non-hydrogen) atoms. The van der Waals surface area contributed by atoms with Crippen LogP contribution < -0.4 is 10.8 Å². The highest BCUT2D eigenvalue weighted by atomic mass is 31.2. The van der Waals surface area contributed by atoms with Gasteiger partial charge in [0, 0.05) is 0 Å². The molecular formula is C25H41N6O7P. The van der Waals surface area contributed by atoms with E-state index in [1.54, 1.807) is 45.5 Å². The van der Waals surface area contributed by atoms with Gasteiger partial charge in [-0.25, -0.2) is 24.8 Å². The van der Waals surface area contributed by atoms with Gasteiger partial charge in [0.05, 0.1) is 25.1 Å². The van der Waals surface area contributed by atoms with Crippen LogP contribution in [-0.2, 0) is 39.4 Å². The minimum Gasteiger partial charge on any atom is -0.461 e. The lowest BCUT2D eigenvalue weighted by atomic mass is 9.97. The first-order chi connectivity index (χ1) is 18.3. The molecule has 0 amide bonds. The number of nitrogens with zero attached hydrogens (tertiary/aromatic N) is 4. The molecule has 3 atom stereocenters. The minimum atomic E-state index is -3.95. The van der Waals surface area contributed by atoms with Gasteiger partial charge in [-0.05, 0) is 67.2 Å².